The monoisotopic (exact) mass is 348 g/mol. The Hall–Kier alpha value is -1.79. The summed E-state index contributed by atoms with van der Waals surface area (Å²) in [7, 11) is 3.27. The van der Waals surface area contributed by atoms with E-state index >= 15 is 0 Å². The normalized spacial score (nSPS) is 29.7. The molecule has 1 aromatic rings. The van der Waals surface area contributed by atoms with Crippen LogP contribution in [-0.2, 0) is 4.79 Å². The summed E-state index contributed by atoms with van der Waals surface area (Å²) >= 11 is 0. The fourth-order valence-corrected chi connectivity index (χ4v) is 4.60. The van der Waals surface area contributed by atoms with Crippen LogP contribution in [0.15, 0.2) is 18.2 Å². The van der Waals surface area contributed by atoms with E-state index < -0.39 is 5.60 Å². The highest BCUT2D eigenvalue weighted by atomic mass is 16.5. The molecule has 2 aliphatic rings. The van der Waals surface area contributed by atoms with Crippen LogP contribution in [0.5, 0.6) is 11.5 Å². The molecule has 1 saturated heterocycles. The zero-order valence-electron chi connectivity index (χ0n) is 15.0. The van der Waals surface area contributed by atoms with Gasteiger partial charge in [0.15, 0.2) is 0 Å². The largest absolute Gasteiger partial charge is 0.497 e. The summed E-state index contributed by atoms with van der Waals surface area (Å²) < 4.78 is 11.0. The second-order valence-corrected chi connectivity index (χ2v) is 7.20. The second kappa shape index (κ2) is 7.22. The lowest BCUT2D eigenvalue weighted by Crippen LogP contribution is -2.56. The van der Waals surface area contributed by atoms with Gasteiger partial charge >= 0.3 is 0 Å². The zero-order chi connectivity index (χ0) is 18.0. The first-order valence-electron chi connectivity index (χ1n) is 8.95. The summed E-state index contributed by atoms with van der Waals surface area (Å²) in [6, 6.07) is 5.58. The Bertz CT molecular complexity index is 636. The predicted octanol–water partition coefficient (Wildman–Crippen LogP) is 1.86. The molecule has 6 heteroatoms. The number of carbonyl (C=O) groups excluding carboxylic acids is 1. The summed E-state index contributed by atoms with van der Waals surface area (Å²) in [5.74, 6) is 1.18. The van der Waals surface area contributed by atoms with Gasteiger partial charge in [-0.15, -0.1) is 0 Å². The maximum atomic E-state index is 11.6. The molecular formula is C19H28N2O4. The molecule has 1 saturated carbocycles. The average Bonchev–Trinajstić information content (AvgIpc) is 2.60. The van der Waals surface area contributed by atoms with E-state index in [4.69, 9.17) is 15.2 Å². The molecule has 0 bridgehead atoms. The number of hydrogen-bond donors (Lipinski definition) is 2. The van der Waals surface area contributed by atoms with Crippen LogP contribution in [0.2, 0.25) is 0 Å². The van der Waals surface area contributed by atoms with Crippen molar-refractivity contribution in [3.8, 4) is 11.5 Å². The van der Waals surface area contributed by atoms with Gasteiger partial charge in [-0.3, -0.25) is 9.69 Å². The molecule has 3 atom stereocenters. The van der Waals surface area contributed by atoms with E-state index in [9.17, 15) is 9.90 Å². The van der Waals surface area contributed by atoms with Gasteiger partial charge in [0.25, 0.3) is 0 Å². The number of carbonyl (C=O) groups is 1. The van der Waals surface area contributed by atoms with Crippen LogP contribution in [0.3, 0.4) is 0 Å². The third-order valence-corrected chi connectivity index (χ3v) is 5.79. The highest BCUT2D eigenvalue weighted by Gasteiger charge is 2.49. The minimum absolute atomic E-state index is 0.0513. The van der Waals surface area contributed by atoms with Crippen molar-refractivity contribution >= 4 is 5.91 Å². The third-order valence-electron chi connectivity index (χ3n) is 5.79. The highest BCUT2D eigenvalue weighted by molar-refractivity contribution is 5.76. The molecule has 0 spiro atoms. The minimum Gasteiger partial charge on any atom is -0.497 e. The number of fused-ring (bicyclic) bond motifs is 1. The number of nitrogens with zero attached hydrogens (tertiary/aromatic N) is 1. The van der Waals surface area contributed by atoms with Gasteiger partial charge in [0.05, 0.1) is 26.4 Å². The molecule has 0 aromatic heterocycles. The lowest BCUT2D eigenvalue weighted by Gasteiger charge is -2.52. The summed E-state index contributed by atoms with van der Waals surface area (Å²) in [6.07, 6.45) is 4.54. The first kappa shape index (κ1) is 18.0. The average molecular weight is 348 g/mol. The van der Waals surface area contributed by atoms with Crippen LogP contribution >= 0.6 is 0 Å². The minimum atomic E-state index is -0.689. The van der Waals surface area contributed by atoms with Gasteiger partial charge in [-0.2, -0.15) is 0 Å². The van der Waals surface area contributed by atoms with Gasteiger partial charge in [-0.25, -0.2) is 0 Å². The van der Waals surface area contributed by atoms with Crippen LogP contribution in [0.1, 0.15) is 43.7 Å². The van der Waals surface area contributed by atoms with Gasteiger partial charge in [0.1, 0.15) is 11.5 Å². The van der Waals surface area contributed by atoms with Crippen molar-refractivity contribution in [1.82, 2.24) is 4.90 Å². The Morgan fingerprint density at radius 1 is 1.32 bits per heavy atom. The van der Waals surface area contributed by atoms with Crippen molar-refractivity contribution in [3.05, 3.63) is 23.8 Å². The number of benzene rings is 1. The maximum absolute atomic E-state index is 11.6. The van der Waals surface area contributed by atoms with Crippen LogP contribution in [-0.4, -0.2) is 48.8 Å². The van der Waals surface area contributed by atoms with Crippen LogP contribution in [0.4, 0.5) is 0 Å². The van der Waals surface area contributed by atoms with Crippen LogP contribution in [0, 0.1) is 5.92 Å². The summed E-state index contributed by atoms with van der Waals surface area (Å²) in [4.78, 5) is 13.7. The molecule has 2 fully saturated rings. The maximum Gasteiger partial charge on any atom is 0.231 e. The lowest BCUT2D eigenvalue weighted by molar-refractivity contribution is -0.136. The standard InChI is InChI=1S/C19H28N2O4/c1-24-13-6-7-16(25-2)14(11-13)18-15-5-3-4-8-19(15,23)9-10-21(18)12-17(20)22/h6-7,11,15,18,23H,3-5,8-10,12H2,1-2H3,(H2,20,22)/t15?,18-,19?/m0/s1. The number of primary amides is 1. The lowest BCUT2D eigenvalue weighted by atomic mass is 9.66. The van der Waals surface area contributed by atoms with Crippen LogP contribution in [0.25, 0.3) is 0 Å². The molecule has 6 nitrogen and oxygen atoms in total. The Morgan fingerprint density at radius 3 is 2.80 bits per heavy atom. The molecule has 1 heterocycles. The van der Waals surface area contributed by atoms with Gasteiger partial charge < -0.3 is 20.3 Å². The number of methoxy groups -OCH3 is 2. The third kappa shape index (κ3) is 3.46. The molecule has 3 rings (SSSR count). The first-order chi connectivity index (χ1) is 12.0. The Morgan fingerprint density at radius 2 is 2.12 bits per heavy atom. The van der Waals surface area contributed by atoms with E-state index in [2.05, 4.69) is 4.90 Å². The fraction of sp³-hybridized carbons (Fsp3) is 0.632. The number of piperidine rings is 1. The Labute approximate surface area is 148 Å². The fourth-order valence-electron chi connectivity index (χ4n) is 4.60. The number of likely N-dealkylation sites (tertiary alicyclic amines) is 1. The van der Waals surface area contributed by atoms with Crippen molar-refractivity contribution in [2.45, 2.75) is 43.7 Å². The molecule has 25 heavy (non-hydrogen) atoms. The molecule has 1 amide bonds. The van der Waals surface area contributed by atoms with Crippen LogP contribution < -0.4 is 15.2 Å². The van der Waals surface area contributed by atoms with Gasteiger partial charge in [0.2, 0.25) is 5.91 Å². The smallest absolute Gasteiger partial charge is 0.231 e. The number of ether oxygens (including phenoxy) is 2. The molecule has 3 N–H and O–H groups in total. The first-order valence-corrected chi connectivity index (χ1v) is 8.95. The molecule has 1 aliphatic heterocycles. The quantitative estimate of drug-likeness (QED) is 0.848. The van der Waals surface area contributed by atoms with Gasteiger partial charge in [-0.05, 0) is 37.5 Å². The van der Waals surface area contributed by atoms with Crippen molar-refractivity contribution in [1.29, 1.82) is 0 Å². The summed E-state index contributed by atoms with van der Waals surface area (Å²) in [5.41, 5.74) is 5.75. The van der Waals surface area contributed by atoms with Crippen molar-refractivity contribution in [3.63, 3.8) is 0 Å². The molecular weight excluding hydrogens is 320 g/mol. The Balaban J connectivity index is 2.07. The Kier molecular flexibility index (Phi) is 5.20. The van der Waals surface area contributed by atoms with E-state index in [0.29, 0.717) is 13.0 Å². The van der Waals surface area contributed by atoms with E-state index in [1.54, 1.807) is 14.2 Å². The van der Waals surface area contributed by atoms with Crippen molar-refractivity contribution in [2.24, 2.45) is 11.7 Å². The molecule has 1 aliphatic carbocycles. The van der Waals surface area contributed by atoms with Crippen molar-refractivity contribution < 1.29 is 19.4 Å². The van der Waals surface area contributed by atoms with E-state index in [1.165, 1.54) is 0 Å². The SMILES string of the molecule is COc1ccc(OC)c([C@H]2C3CCCCC3(O)CCN2CC(N)=O)c1. The number of nitrogens with two attached hydrogens (primary N) is 1. The summed E-state index contributed by atoms with van der Waals surface area (Å²) in [5, 5.41) is 11.2. The predicted molar refractivity (Wildman–Crippen MR) is 94.6 cm³/mol. The van der Waals surface area contributed by atoms with E-state index in [-0.39, 0.29) is 24.4 Å². The second-order valence-electron chi connectivity index (χ2n) is 7.20. The number of aliphatic hydroxyl groups is 1. The van der Waals surface area contributed by atoms with Gasteiger partial charge in [0, 0.05) is 24.1 Å². The van der Waals surface area contributed by atoms with E-state index in [1.807, 2.05) is 18.2 Å². The molecule has 1 aromatic carbocycles. The molecule has 138 valence electrons. The van der Waals surface area contributed by atoms with E-state index in [0.717, 1.165) is 42.7 Å². The number of rotatable bonds is 5. The summed E-state index contributed by atoms with van der Waals surface area (Å²) in [6.45, 7) is 0.818. The molecule has 2 unspecified atom stereocenters. The van der Waals surface area contributed by atoms with Gasteiger partial charge in [-0.1, -0.05) is 12.8 Å². The van der Waals surface area contributed by atoms with Crippen molar-refractivity contribution in [2.75, 3.05) is 27.3 Å². The number of hydrogen-bond acceptors (Lipinski definition) is 5. The number of amides is 1. The topological polar surface area (TPSA) is 85.0 Å². The zero-order valence-corrected chi connectivity index (χ0v) is 15.0. The highest BCUT2D eigenvalue weighted by Crippen LogP contribution is 2.51. The molecule has 0 radical (unpaired) electrons.